The fourth-order valence-corrected chi connectivity index (χ4v) is 4.31. The first kappa shape index (κ1) is 17.1. The van der Waals surface area contributed by atoms with E-state index in [0.717, 1.165) is 12.1 Å². The van der Waals surface area contributed by atoms with Crippen LogP contribution in [0.2, 0.25) is 5.02 Å². The molecule has 3 rings (SSSR count). The van der Waals surface area contributed by atoms with Crippen LogP contribution in [0.3, 0.4) is 0 Å². The van der Waals surface area contributed by atoms with E-state index in [1.165, 1.54) is 16.6 Å². The normalized spacial score (nSPS) is 19.2. The van der Waals surface area contributed by atoms with E-state index in [9.17, 15) is 12.8 Å². The third kappa shape index (κ3) is 3.66. The van der Waals surface area contributed by atoms with Crippen LogP contribution in [0.15, 0.2) is 41.4 Å². The summed E-state index contributed by atoms with van der Waals surface area (Å²) in [5.41, 5.74) is 0. The summed E-state index contributed by atoms with van der Waals surface area (Å²) in [6.07, 6.45) is 2.58. The molecule has 0 N–H and O–H groups in total. The average Bonchev–Trinajstić information content (AvgIpc) is 2.58. The second-order valence-electron chi connectivity index (χ2n) is 5.38. The maximum atomic E-state index is 13.3. The quantitative estimate of drug-likeness (QED) is 0.825. The summed E-state index contributed by atoms with van der Waals surface area (Å²) in [5, 5.41) is 7.34. The predicted molar refractivity (Wildman–Crippen MR) is 85.9 cm³/mol. The van der Waals surface area contributed by atoms with Gasteiger partial charge in [-0.2, -0.15) is 9.40 Å². The Bertz CT molecular complexity index is 820. The molecule has 0 aliphatic carbocycles. The van der Waals surface area contributed by atoms with Gasteiger partial charge in [-0.1, -0.05) is 11.6 Å². The summed E-state index contributed by atoms with van der Waals surface area (Å²) >= 11 is 5.70. The van der Waals surface area contributed by atoms with Crippen LogP contribution in [0.5, 0.6) is 5.88 Å². The number of benzene rings is 1. The van der Waals surface area contributed by atoms with Gasteiger partial charge in [0.25, 0.3) is 0 Å². The highest BCUT2D eigenvalue weighted by Gasteiger charge is 2.31. The van der Waals surface area contributed by atoms with Crippen LogP contribution in [-0.4, -0.2) is 42.1 Å². The Kier molecular flexibility index (Phi) is 4.98. The molecule has 1 aromatic heterocycles. The van der Waals surface area contributed by atoms with Gasteiger partial charge in [0.2, 0.25) is 15.9 Å². The Morgan fingerprint density at radius 1 is 1.33 bits per heavy atom. The van der Waals surface area contributed by atoms with E-state index in [-0.39, 0.29) is 22.6 Å². The number of piperidine rings is 1. The van der Waals surface area contributed by atoms with Gasteiger partial charge in [-0.15, -0.1) is 5.10 Å². The summed E-state index contributed by atoms with van der Waals surface area (Å²) < 4.78 is 45.7. The third-order valence-electron chi connectivity index (χ3n) is 3.70. The molecule has 2 aromatic rings. The number of rotatable bonds is 4. The molecule has 0 radical (unpaired) electrons. The maximum absolute atomic E-state index is 13.3. The molecule has 0 bridgehead atoms. The van der Waals surface area contributed by atoms with Gasteiger partial charge in [0, 0.05) is 18.8 Å². The highest BCUT2D eigenvalue weighted by molar-refractivity contribution is 7.89. The van der Waals surface area contributed by atoms with Crippen molar-refractivity contribution in [1.29, 1.82) is 0 Å². The zero-order chi connectivity index (χ0) is 17.2. The third-order valence-corrected chi connectivity index (χ3v) is 5.86. The van der Waals surface area contributed by atoms with Crippen molar-refractivity contribution in [3.05, 3.63) is 47.4 Å². The van der Waals surface area contributed by atoms with Crippen molar-refractivity contribution in [1.82, 2.24) is 14.5 Å². The predicted octanol–water partition coefficient (Wildman–Crippen LogP) is 2.50. The molecule has 0 amide bonds. The van der Waals surface area contributed by atoms with Crippen molar-refractivity contribution in [2.24, 2.45) is 0 Å². The van der Waals surface area contributed by atoms with Gasteiger partial charge in [-0.3, -0.25) is 0 Å². The lowest BCUT2D eigenvalue weighted by Crippen LogP contribution is -2.44. The van der Waals surface area contributed by atoms with E-state index in [0.29, 0.717) is 25.3 Å². The average molecular weight is 372 g/mol. The van der Waals surface area contributed by atoms with Crippen molar-refractivity contribution in [3.8, 4) is 5.88 Å². The first-order valence-electron chi connectivity index (χ1n) is 7.36. The van der Waals surface area contributed by atoms with Crippen LogP contribution in [0.4, 0.5) is 4.39 Å². The van der Waals surface area contributed by atoms with Crippen LogP contribution >= 0.6 is 11.6 Å². The minimum absolute atomic E-state index is 0.0333. The van der Waals surface area contributed by atoms with E-state index in [1.54, 1.807) is 12.1 Å². The zero-order valence-corrected chi connectivity index (χ0v) is 14.2. The molecule has 1 aromatic carbocycles. The molecule has 1 aliphatic heterocycles. The van der Waals surface area contributed by atoms with Crippen LogP contribution in [0, 0.1) is 5.82 Å². The highest BCUT2D eigenvalue weighted by Crippen LogP contribution is 2.25. The molecule has 1 aliphatic rings. The molecule has 1 atom stereocenters. The van der Waals surface area contributed by atoms with Gasteiger partial charge in [-0.05, 0) is 37.1 Å². The Morgan fingerprint density at radius 3 is 2.88 bits per heavy atom. The fourth-order valence-electron chi connectivity index (χ4n) is 2.53. The van der Waals surface area contributed by atoms with E-state index in [4.69, 9.17) is 16.3 Å². The fraction of sp³-hybridized carbons (Fsp3) is 0.333. The van der Waals surface area contributed by atoms with Crippen molar-refractivity contribution in [3.63, 3.8) is 0 Å². The second-order valence-corrected chi connectivity index (χ2v) is 7.73. The lowest BCUT2D eigenvalue weighted by Gasteiger charge is -2.31. The number of hydrogen-bond donors (Lipinski definition) is 0. The highest BCUT2D eigenvalue weighted by atomic mass is 35.5. The Labute approximate surface area is 144 Å². The van der Waals surface area contributed by atoms with Gasteiger partial charge in [-0.25, -0.2) is 12.8 Å². The summed E-state index contributed by atoms with van der Waals surface area (Å²) in [6.45, 7) is 0.561. The molecule has 1 unspecified atom stereocenters. The first-order valence-corrected chi connectivity index (χ1v) is 9.18. The van der Waals surface area contributed by atoms with Crippen molar-refractivity contribution in [2.75, 3.05) is 13.1 Å². The topological polar surface area (TPSA) is 72.4 Å². The SMILES string of the molecule is O=S(=O)(c1ccc(F)c(Cl)c1)N1CCCC(Oc2cccnn2)C1. The van der Waals surface area contributed by atoms with Crippen LogP contribution in [0.1, 0.15) is 12.8 Å². The molecule has 2 heterocycles. The summed E-state index contributed by atoms with van der Waals surface area (Å²) in [5.74, 6) is -0.301. The van der Waals surface area contributed by atoms with Gasteiger partial charge >= 0.3 is 0 Å². The van der Waals surface area contributed by atoms with Crippen molar-refractivity contribution in [2.45, 2.75) is 23.8 Å². The Hall–Kier alpha value is -1.77. The summed E-state index contributed by atoms with van der Waals surface area (Å²) in [7, 11) is -3.76. The lowest BCUT2D eigenvalue weighted by molar-refractivity contribution is 0.123. The van der Waals surface area contributed by atoms with Crippen LogP contribution < -0.4 is 4.74 Å². The maximum Gasteiger partial charge on any atom is 0.243 e. The molecule has 24 heavy (non-hydrogen) atoms. The molecule has 0 saturated carbocycles. The molecule has 1 saturated heterocycles. The van der Waals surface area contributed by atoms with Gasteiger partial charge in [0.1, 0.15) is 11.9 Å². The largest absolute Gasteiger partial charge is 0.472 e. The molecular formula is C15H15ClFN3O3S. The standard InChI is InChI=1S/C15H15ClFN3O3S/c16-13-9-12(5-6-14(13)17)24(21,22)20-8-2-3-11(10-20)23-15-4-1-7-18-19-15/h1,4-7,9,11H,2-3,8,10H2. The number of nitrogens with zero attached hydrogens (tertiary/aromatic N) is 3. The number of halogens is 2. The summed E-state index contributed by atoms with van der Waals surface area (Å²) in [6, 6.07) is 6.75. The molecule has 1 fully saturated rings. The van der Waals surface area contributed by atoms with Crippen molar-refractivity contribution >= 4 is 21.6 Å². The van der Waals surface area contributed by atoms with E-state index in [1.807, 2.05) is 0 Å². The molecular weight excluding hydrogens is 357 g/mol. The monoisotopic (exact) mass is 371 g/mol. The van der Waals surface area contributed by atoms with E-state index < -0.39 is 15.8 Å². The van der Waals surface area contributed by atoms with Gasteiger partial charge < -0.3 is 4.74 Å². The van der Waals surface area contributed by atoms with Crippen molar-refractivity contribution < 1.29 is 17.5 Å². The minimum Gasteiger partial charge on any atom is -0.472 e. The van der Waals surface area contributed by atoms with Crippen LogP contribution in [0.25, 0.3) is 0 Å². The Morgan fingerprint density at radius 2 is 2.17 bits per heavy atom. The summed E-state index contributed by atoms with van der Waals surface area (Å²) in [4.78, 5) is -0.0333. The smallest absolute Gasteiger partial charge is 0.243 e. The van der Waals surface area contributed by atoms with Crippen LogP contribution in [-0.2, 0) is 10.0 Å². The first-order chi connectivity index (χ1) is 11.5. The molecule has 9 heteroatoms. The molecule has 128 valence electrons. The second kappa shape index (κ2) is 7.00. The molecule has 0 spiro atoms. The number of sulfonamides is 1. The van der Waals surface area contributed by atoms with Gasteiger partial charge in [0.05, 0.1) is 16.5 Å². The zero-order valence-electron chi connectivity index (χ0n) is 12.6. The minimum atomic E-state index is -3.76. The Balaban J connectivity index is 1.77. The lowest BCUT2D eigenvalue weighted by atomic mass is 10.1. The van der Waals surface area contributed by atoms with Gasteiger partial charge in [0.15, 0.2) is 0 Å². The number of aromatic nitrogens is 2. The van der Waals surface area contributed by atoms with E-state index in [2.05, 4.69) is 10.2 Å². The molecule has 6 nitrogen and oxygen atoms in total. The van der Waals surface area contributed by atoms with E-state index >= 15 is 0 Å². The number of ether oxygens (including phenoxy) is 1. The number of hydrogen-bond acceptors (Lipinski definition) is 5.